The lowest BCUT2D eigenvalue weighted by Gasteiger charge is -2.30. The van der Waals surface area contributed by atoms with Gasteiger partial charge in [-0.15, -0.1) is 5.10 Å². The van der Waals surface area contributed by atoms with Crippen LogP contribution in [0.2, 0.25) is 0 Å². The molecule has 0 radical (unpaired) electrons. The van der Waals surface area contributed by atoms with Crippen LogP contribution >= 0.6 is 0 Å². The number of pyridine rings is 1. The normalized spacial score (nSPS) is 12.5. The molecular formula is C29H32N6O2. The third-order valence-electron chi connectivity index (χ3n) is 6.84. The fourth-order valence-electron chi connectivity index (χ4n) is 4.97. The van der Waals surface area contributed by atoms with Crippen molar-refractivity contribution >= 4 is 10.9 Å². The van der Waals surface area contributed by atoms with Gasteiger partial charge in [0, 0.05) is 29.6 Å². The van der Waals surface area contributed by atoms with Crippen molar-refractivity contribution in [2.24, 2.45) is 0 Å². The lowest BCUT2D eigenvalue weighted by molar-refractivity contribution is 0.161. The van der Waals surface area contributed by atoms with Gasteiger partial charge in [-0.05, 0) is 78.6 Å². The monoisotopic (exact) mass is 496 g/mol. The standard InChI is InChI=1S/C29H32N6O2/c1-5-27(28-31-32-33-35(28)18-24-7-6-12-37-24)34(16-22-10-8-19(2)9-11-22)17-23-15-25-21(4)13-20(3)14-26(25)30-29(23)36/h6-15,27H,5,16-18H2,1-4H3,(H,30,36)/t27-/m1/s1. The predicted molar refractivity (Wildman–Crippen MR) is 143 cm³/mol. The number of aryl methyl sites for hydroxylation is 3. The second-order valence-electron chi connectivity index (χ2n) is 9.76. The predicted octanol–water partition coefficient (Wildman–Crippen LogP) is 5.23. The molecule has 2 aromatic carbocycles. The number of hydrogen-bond donors (Lipinski definition) is 1. The van der Waals surface area contributed by atoms with Crippen LogP contribution in [-0.4, -0.2) is 30.1 Å². The van der Waals surface area contributed by atoms with Crippen LogP contribution in [0.25, 0.3) is 10.9 Å². The van der Waals surface area contributed by atoms with E-state index in [0.29, 0.717) is 19.6 Å². The summed E-state index contributed by atoms with van der Waals surface area (Å²) in [6.07, 6.45) is 2.42. The van der Waals surface area contributed by atoms with Crippen LogP contribution in [0.3, 0.4) is 0 Å². The first kappa shape index (κ1) is 24.6. The lowest BCUT2D eigenvalue weighted by atomic mass is 10.0. The Kier molecular flexibility index (Phi) is 7.01. The van der Waals surface area contributed by atoms with Crippen LogP contribution < -0.4 is 5.56 Å². The van der Waals surface area contributed by atoms with Gasteiger partial charge in [0.2, 0.25) is 0 Å². The lowest BCUT2D eigenvalue weighted by Crippen LogP contribution is -2.32. The summed E-state index contributed by atoms with van der Waals surface area (Å²) in [6.45, 7) is 9.88. The highest BCUT2D eigenvalue weighted by atomic mass is 16.3. The van der Waals surface area contributed by atoms with Gasteiger partial charge in [0.15, 0.2) is 5.82 Å². The van der Waals surface area contributed by atoms with E-state index in [1.54, 1.807) is 10.9 Å². The maximum atomic E-state index is 13.2. The number of H-pyrrole nitrogens is 1. The Balaban J connectivity index is 1.54. The highest BCUT2D eigenvalue weighted by Gasteiger charge is 2.26. The number of aromatic nitrogens is 5. The first-order valence-corrected chi connectivity index (χ1v) is 12.6. The van der Waals surface area contributed by atoms with Crippen molar-refractivity contribution in [1.82, 2.24) is 30.1 Å². The van der Waals surface area contributed by atoms with Crippen molar-refractivity contribution in [2.45, 2.75) is 59.8 Å². The summed E-state index contributed by atoms with van der Waals surface area (Å²) in [5.41, 5.74) is 6.16. The van der Waals surface area contributed by atoms with Crippen molar-refractivity contribution in [1.29, 1.82) is 0 Å². The molecule has 5 rings (SSSR count). The van der Waals surface area contributed by atoms with E-state index in [9.17, 15) is 4.79 Å². The molecule has 0 saturated heterocycles. The average molecular weight is 497 g/mol. The number of nitrogens with zero attached hydrogens (tertiary/aromatic N) is 5. The average Bonchev–Trinajstić information content (AvgIpc) is 3.55. The molecule has 8 heteroatoms. The number of benzene rings is 2. The summed E-state index contributed by atoms with van der Waals surface area (Å²) in [5, 5.41) is 13.7. The fraction of sp³-hybridized carbons (Fsp3) is 0.310. The second-order valence-corrected chi connectivity index (χ2v) is 9.76. The molecule has 0 aliphatic heterocycles. The van der Waals surface area contributed by atoms with Gasteiger partial charge in [0.05, 0.1) is 12.3 Å². The zero-order valence-electron chi connectivity index (χ0n) is 21.7. The maximum absolute atomic E-state index is 13.2. The minimum Gasteiger partial charge on any atom is -0.467 e. The largest absolute Gasteiger partial charge is 0.467 e. The summed E-state index contributed by atoms with van der Waals surface area (Å²) in [4.78, 5) is 18.6. The third-order valence-corrected chi connectivity index (χ3v) is 6.84. The molecule has 0 amide bonds. The number of aromatic amines is 1. The van der Waals surface area contributed by atoms with Crippen molar-refractivity contribution in [2.75, 3.05) is 0 Å². The Hall–Kier alpha value is -4.04. The minimum absolute atomic E-state index is 0.0727. The molecule has 5 aromatic rings. The summed E-state index contributed by atoms with van der Waals surface area (Å²) >= 11 is 0. The molecule has 1 N–H and O–H groups in total. The number of nitrogens with one attached hydrogen (secondary N) is 1. The van der Waals surface area contributed by atoms with Crippen LogP contribution in [-0.2, 0) is 19.6 Å². The van der Waals surface area contributed by atoms with Crippen molar-refractivity contribution < 1.29 is 4.42 Å². The number of hydrogen-bond acceptors (Lipinski definition) is 6. The summed E-state index contributed by atoms with van der Waals surface area (Å²) in [7, 11) is 0. The Bertz CT molecular complexity index is 1550. The molecule has 0 spiro atoms. The van der Waals surface area contributed by atoms with Crippen molar-refractivity contribution in [3.63, 3.8) is 0 Å². The number of furan rings is 1. The molecule has 0 fully saturated rings. The smallest absolute Gasteiger partial charge is 0.252 e. The van der Waals surface area contributed by atoms with Gasteiger partial charge >= 0.3 is 0 Å². The van der Waals surface area contributed by atoms with Gasteiger partial charge in [-0.2, -0.15) is 0 Å². The van der Waals surface area contributed by atoms with Gasteiger partial charge in [-0.3, -0.25) is 9.69 Å². The SMILES string of the molecule is CC[C@H](c1nnnn1Cc1ccco1)N(Cc1ccc(C)cc1)Cc1cc2c(C)cc(C)cc2[nH]c1=O. The van der Waals surface area contributed by atoms with Crippen LogP contribution in [0.1, 0.15) is 58.8 Å². The molecule has 3 aromatic heterocycles. The van der Waals surface area contributed by atoms with E-state index in [4.69, 9.17) is 4.42 Å². The summed E-state index contributed by atoms with van der Waals surface area (Å²) < 4.78 is 7.32. The Morgan fingerprint density at radius 2 is 1.84 bits per heavy atom. The Morgan fingerprint density at radius 1 is 1.03 bits per heavy atom. The van der Waals surface area contributed by atoms with E-state index >= 15 is 0 Å². The molecule has 0 aliphatic rings. The molecule has 0 aliphatic carbocycles. The molecule has 0 saturated carbocycles. The van der Waals surface area contributed by atoms with E-state index in [-0.39, 0.29) is 11.6 Å². The van der Waals surface area contributed by atoms with E-state index in [0.717, 1.165) is 51.2 Å². The second kappa shape index (κ2) is 10.5. The molecule has 8 nitrogen and oxygen atoms in total. The molecule has 1 atom stereocenters. The van der Waals surface area contributed by atoms with E-state index in [1.807, 2.05) is 31.2 Å². The molecular weight excluding hydrogens is 464 g/mol. The summed E-state index contributed by atoms with van der Waals surface area (Å²) in [5.74, 6) is 1.53. The fourth-order valence-corrected chi connectivity index (χ4v) is 4.97. The first-order valence-electron chi connectivity index (χ1n) is 12.6. The highest BCUT2D eigenvalue weighted by Crippen LogP contribution is 2.27. The van der Waals surface area contributed by atoms with Gasteiger partial charge < -0.3 is 9.40 Å². The van der Waals surface area contributed by atoms with Gasteiger partial charge in [-0.1, -0.05) is 42.8 Å². The molecule has 3 heterocycles. The molecule has 0 bridgehead atoms. The Morgan fingerprint density at radius 3 is 2.57 bits per heavy atom. The van der Waals surface area contributed by atoms with Crippen LogP contribution in [0.5, 0.6) is 0 Å². The topological polar surface area (TPSA) is 92.8 Å². The molecule has 0 unspecified atom stereocenters. The van der Waals surface area contributed by atoms with Gasteiger partial charge in [0.1, 0.15) is 12.3 Å². The molecule has 190 valence electrons. The minimum atomic E-state index is -0.111. The van der Waals surface area contributed by atoms with Crippen LogP contribution in [0, 0.1) is 20.8 Å². The third kappa shape index (κ3) is 5.39. The zero-order valence-corrected chi connectivity index (χ0v) is 21.7. The number of fused-ring (bicyclic) bond motifs is 1. The van der Waals surface area contributed by atoms with E-state index in [2.05, 4.69) is 76.5 Å². The van der Waals surface area contributed by atoms with Crippen molar-refractivity contribution in [3.8, 4) is 0 Å². The maximum Gasteiger partial charge on any atom is 0.252 e. The van der Waals surface area contributed by atoms with Gasteiger partial charge in [0.25, 0.3) is 5.56 Å². The Labute approximate surface area is 215 Å². The van der Waals surface area contributed by atoms with Gasteiger partial charge in [-0.25, -0.2) is 4.68 Å². The number of rotatable bonds is 9. The molecule has 37 heavy (non-hydrogen) atoms. The van der Waals surface area contributed by atoms with E-state index < -0.39 is 0 Å². The number of tetrazole rings is 1. The van der Waals surface area contributed by atoms with Crippen LogP contribution in [0.4, 0.5) is 0 Å². The quantitative estimate of drug-likeness (QED) is 0.300. The highest BCUT2D eigenvalue weighted by molar-refractivity contribution is 5.83. The van der Waals surface area contributed by atoms with Crippen molar-refractivity contribution in [3.05, 3.63) is 111 Å². The summed E-state index contributed by atoms with van der Waals surface area (Å²) in [6, 6.07) is 18.4. The first-order chi connectivity index (χ1) is 17.9. The van der Waals surface area contributed by atoms with E-state index in [1.165, 1.54) is 5.56 Å². The zero-order chi connectivity index (χ0) is 25.9. The van der Waals surface area contributed by atoms with Crippen LogP contribution in [0.15, 0.2) is 70.1 Å².